The molecule has 2 nitrogen and oxygen atoms in total. The maximum atomic E-state index is 5.17. The zero-order valence-electron chi connectivity index (χ0n) is 11.8. The number of anilines is 1. The molecule has 0 aromatic heterocycles. The summed E-state index contributed by atoms with van der Waals surface area (Å²) in [6.45, 7) is 4.31. The van der Waals surface area contributed by atoms with Gasteiger partial charge in [-0.1, -0.05) is 36.8 Å². The maximum absolute atomic E-state index is 5.17. The third-order valence-corrected chi connectivity index (χ3v) is 3.32. The van der Waals surface area contributed by atoms with E-state index >= 15 is 0 Å². The zero-order chi connectivity index (χ0) is 13.7. The molecule has 0 bridgehead atoms. The molecule has 1 atom stereocenters. The summed E-state index contributed by atoms with van der Waals surface area (Å²) in [5, 5.41) is 3.56. The molecule has 0 saturated heterocycles. The van der Waals surface area contributed by atoms with Crippen LogP contribution < -0.4 is 10.1 Å². The van der Waals surface area contributed by atoms with Gasteiger partial charge in [-0.3, -0.25) is 0 Å². The van der Waals surface area contributed by atoms with E-state index in [1.165, 1.54) is 11.1 Å². The van der Waals surface area contributed by atoms with Gasteiger partial charge in [-0.15, -0.1) is 0 Å². The Labute approximate surface area is 115 Å². The van der Waals surface area contributed by atoms with Crippen molar-refractivity contribution in [2.45, 2.75) is 26.3 Å². The summed E-state index contributed by atoms with van der Waals surface area (Å²) in [5.41, 5.74) is 3.74. The minimum absolute atomic E-state index is 0.342. The first-order valence-electron chi connectivity index (χ1n) is 6.70. The van der Waals surface area contributed by atoms with E-state index in [0.29, 0.717) is 6.04 Å². The topological polar surface area (TPSA) is 21.3 Å². The lowest BCUT2D eigenvalue weighted by Gasteiger charge is -2.19. The molecule has 19 heavy (non-hydrogen) atoms. The number of hydrogen-bond donors (Lipinski definition) is 1. The summed E-state index contributed by atoms with van der Waals surface area (Å²) in [7, 11) is 1.68. The van der Waals surface area contributed by atoms with Crippen molar-refractivity contribution in [3.63, 3.8) is 0 Å². The molecule has 0 fully saturated rings. The highest BCUT2D eigenvalue weighted by Crippen LogP contribution is 2.24. The smallest absolute Gasteiger partial charge is 0.119 e. The van der Waals surface area contributed by atoms with E-state index in [1.807, 2.05) is 12.1 Å². The minimum atomic E-state index is 0.342. The molecular weight excluding hydrogens is 234 g/mol. The summed E-state index contributed by atoms with van der Waals surface area (Å²) < 4.78 is 5.17. The van der Waals surface area contributed by atoms with Gasteiger partial charge in [0, 0.05) is 5.69 Å². The lowest BCUT2D eigenvalue weighted by atomic mass is 10.0. The number of benzene rings is 2. The molecule has 0 spiro atoms. The third kappa shape index (κ3) is 3.50. The second-order valence-electron chi connectivity index (χ2n) is 4.74. The summed E-state index contributed by atoms with van der Waals surface area (Å²) in [5.74, 6) is 0.883. The first-order chi connectivity index (χ1) is 9.22. The van der Waals surface area contributed by atoms with Crippen LogP contribution in [0.3, 0.4) is 0 Å². The number of hydrogen-bond acceptors (Lipinski definition) is 2. The molecule has 2 aromatic rings. The summed E-state index contributed by atoms with van der Waals surface area (Å²) in [4.78, 5) is 0. The van der Waals surface area contributed by atoms with E-state index < -0.39 is 0 Å². The Morgan fingerprint density at radius 2 is 1.63 bits per heavy atom. The van der Waals surface area contributed by atoms with Gasteiger partial charge in [0.2, 0.25) is 0 Å². The molecule has 1 unspecified atom stereocenters. The molecule has 2 rings (SSSR count). The summed E-state index contributed by atoms with van der Waals surface area (Å²) >= 11 is 0. The molecule has 0 radical (unpaired) electrons. The highest BCUT2D eigenvalue weighted by molar-refractivity contribution is 5.48. The van der Waals surface area contributed by atoms with Gasteiger partial charge in [0.15, 0.2) is 0 Å². The van der Waals surface area contributed by atoms with Crippen LogP contribution in [0.5, 0.6) is 5.75 Å². The van der Waals surface area contributed by atoms with Gasteiger partial charge in [-0.05, 0) is 43.2 Å². The summed E-state index contributed by atoms with van der Waals surface area (Å²) in [6, 6.07) is 17.1. The molecule has 0 amide bonds. The van der Waals surface area contributed by atoms with E-state index in [9.17, 15) is 0 Å². The number of nitrogens with one attached hydrogen (secondary N) is 1. The summed E-state index contributed by atoms with van der Waals surface area (Å²) in [6.07, 6.45) is 1.05. The van der Waals surface area contributed by atoms with Crippen molar-refractivity contribution >= 4 is 5.69 Å². The van der Waals surface area contributed by atoms with Gasteiger partial charge in [-0.2, -0.15) is 0 Å². The van der Waals surface area contributed by atoms with Crippen molar-refractivity contribution < 1.29 is 4.74 Å². The monoisotopic (exact) mass is 255 g/mol. The second-order valence-corrected chi connectivity index (χ2v) is 4.74. The van der Waals surface area contributed by atoms with Gasteiger partial charge < -0.3 is 10.1 Å². The van der Waals surface area contributed by atoms with Crippen LogP contribution in [0.2, 0.25) is 0 Å². The number of rotatable bonds is 5. The number of aryl methyl sites for hydroxylation is 1. The first kappa shape index (κ1) is 13.5. The average Bonchev–Trinajstić information content (AvgIpc) is 2.46. The van der Waals surface area contributed by atoms with Crippen molar-refractivity contribution in [2.24, 2.45) is 0 Å². The fourth-order valence-electron chi connectivity index (χ4n) is 2.11. The van der Waals surface area contributed by atoms with E-state index in [4.69, 9.17) is 4.74 Å². The molecule has 0 aliphatic heterocycles. The molecule has 2 heteroatoms. The van der Waals surface area contributed by atoms with Crippen LogP contribution in [0.15, 0.2) is 48.5 Å². The first-order valence-corrected chi connectivity index (χ1v) is 6.70. The molecule has 2 aromatic carbocycles. The molecule has 0 saturated carbocycles. The molecule has 0 aliphatic rings. The average molecular weight is 255 g/mol. The molecule has 1 N–H and O–H groups in total. The van der Waals surface area contributed by atoms with Crippen LogP contribution >= 0.6 is 0 Å². The van der Waals surface area contributed by atoms with E-state index in [2.05, 4.69) is 55.6 Å². The van der Waals surface area contributed by atoms with E-state index in [1.54, 1.807) is 7.11 Å². The van der Waals surface area contributed by atoms with Crippen molar-refractivity contribution in [1.82, 2.24) is 0 Å². The quantitative estimate of drug-likeness (QED) is 0.845. The lowest BCUT2D eigenvalue weighted by molar-refractivity contribution is 0.415. The van der Waals surface area contributed by atoms with E-state index in [-0.39, 0.29) is 0 Å². The predicted octanol–water partition coefficient (Wildman–Crippen LogP) is 4.57. The Balaban J connectivity index is 2.11. The van der Waals surface area contributed by atoms with Crippen molar-refractivity contribution in [3.8, 4) is 5.75 Å². The van der Waals surface area contributed by atoms with Crippen LogP contribution in [0.4, 0.5) is 5.69 Å². The van der Waals surface area contributed by atoms with Crippen LogP contribution in [-0.2, 0) is 0 Å². The van der Waals surface area contributed by atoms with Crippen molar-refractivity contribution in [1.29, 1.82) is 0 Å². The Hall–Kier alpha value is -1.96. The van der Waals surface area contributed by atoms with Crippen LogP contribution in [-0.4, -0.2) is 7.11 Å². The molecular formula is C17H21NO. The van der Waals surface area contributed by atoms with Gasteiger partial charge >= 0.3 is 0 Å². The van der Waals surface area contributed by atoms with E-state index in [0.717, 1.165) is 17.9 Å². The molecule has 0 aliphatic carbocycles. The Kier molecular flexibility index (Phi) is 4.45. The fourth-order valence-corrected chi connectivity index (χ4v) is 2.11. The maximum Gasteiger partial charge on any atom is 0.119 e. The predicted molar refractivity (Wildman–Crippen MR) is 80.8 cm³/mol. The lowest BCUT2D eigenvalue weighted by Crippen LogP contribution is -2.09. The van der Waals surface area contributed by atoms with Gasteiger partial charge in [0.25, 0.3) is 0 Å². The SMILES string of the molecule is CCC(Nc1ccc(OC)cc1)c1ccc(C)cc1. The normalized spacial score (nSPS) is 11.9. The van der Waals surface area contributed by atoms with Crippen molar-refractivity contribution in [2.75, 3.05) is 12.4 Å². The fraction of sp³-hybridized carbons (Fsp3) is 0.294. The number of ether oxygens (including phenoxy) is 1. The van der Waals surface area contributed by atoms with Crippen LogP contribution in [0.25, 0.3) is 0 Å². The third-order valence-electron chi connectivity index (χ3n) is 3.32. The Morgan fingerprint density at radius 3 is 2.16 bits per heavy atom. The van der Waals surface area contributed by atoms with Gasteiger partial charge in [-0.25, -0.2) is 0 Å². The molecule has 0 heterocycles. The molecule has 100 valence electrons. The zero-order valence-corrected chi connectivity index (χ0v) is 11.8. The van der Waals surface area contributed by atoms with Gasteiger partial charge in [0.1, 0.15) is 5.75 Å². The highest BCUT2D eigenvalue weighted by Gasteiger charge is 2.08. The van der Waals surface area contributed by atoms with Crippen LogP contribution in [0, 0.1) is 6.92 Å². The highest BCUT2D eigenvalue weighted by atomic mass is 16.5. The Morgan fingerprint density at radius 1 is 1.00 bits per heavy atom. The number of methoxy groups -OCH3 is 1. The minimum Gasteiger partial charge on any atom is -0.497 e. The van der Waals surface area contributed by atoms with Crippen molar-refractivity contribution in [3.05, 3.63) is 59.7 Å². The Bertz CT molecular complexity index is 502. The van der Waals surface area contributed by atoms with Crippen LogP contribution in [0.1, 0.15) is 30.5 Å². The van der Waals surface area contributed by atoms with Gasteiger partial charge in [0.05, 0.1) is 13.2 Å². The largest absolute Gasteiger partial charge is 0.497 e. The standard InChI is InChI=1S/C17H21NO/c1-4-17(14-7-5-13(2)6-8-14)18-15-9-11-16(19-3)12-10-15/h5-12,17-18H,4H2,1-3H3. The second kappa shape index (κ2) is 6.28.